The van der Waals surface area contributed by atoms with Crippen molar-refractivity contribution in [2.75, 3.05) is 6.61 Å². The van der Waals surface area contributed by atoms with Gasteiger partial charge in [-0.3, -0.25) is 0 Å². The molecule has 1 atom stereocenters. The van der Waals surface area contributed by atoms with E-state index >= 15 is 0 Å². The Hall–Kier alpha value is -1.01. The molecule has 1 aliphatic rings. The van der Waals surface area contributed by atoms with E-state index in [1.54, 1.807) is 6.07 Å². The van der Waals surface area contributed by atoms with Crippen LogP contribution in [0.15, 0.2) is 0 Å². The summed E-state index contributed by atoms with van der Waals surface area (Å²) in [6, 6.07) is 1.60. The standard InChI is InChI=1S/C8H7F6NO2/c9-7(10,11)6(8(12,13)14)16-4-5(17-6)2-1-3-15/h5H,1-2,4H2. The van der Waals surface area contributed by atoms with Crippen molar-refractivity contribution in [2.24, 2.45) is 0 Å². The predicted molar refractivity (Wildman–Crippen MR) is 40.5 cm³/mol. The van der Waals surface area contributed by atoms with Crippen molar-refractivity contribution >= 4 is 0 Å². The summed E-state index contributed by atoms with van der Waals surface area (Å²) in [7, 11) is 0. The van der Waals surface area contributed by atoms with E-state index in [1.807, 2.05) is 0 Å². The fraction of sp³-hybridized carbons (Fsp3) is 0.875. The fourth-order valence-corrected chi connectivity index (χ4v) is 1.34. The number of alkyl halides is 6. The van der Waals surface area contributed by atoms with E-state index in [0.29, 0.717) is 0 Å². The molecule has 0 aromatic carbocycles. The molecule has 1 fully saturated rings. The fourth-order valence-electron chi connectivity index (χ4n) is 1.34. The number of halogens is 6. The van der Waals surface area contributed by atoms with Crippen molar-refractivity contribution in [1.29, 1.82) is 5.26 Å². The maximum absolute atomic E-state index is 12.4. The summed E-state index contributed by atoms with van der Waals surface area (Å²) in [6.07, 6.45) is -13.3. The molecule has 0 saturated carbocycles. The van der Waals surface area contributed by atoms with Crippen LogP contribution in [0.5, 0.6) is 0 Å². The molecule has 0 aromatic heterocycles. The van der Waals surface area contributed by atoms with E-state index in [-0.39, 0.29) is 12.8 Å². The average molecular weight is 263 g/mol. The van der Waals surface area contributed by atoms with Gasteiger partial charge in [-0.25, -0.2) is 0 Å². The Morgan fingerprint density at radius 1 is 1.18 bits per heavy atom. The van der Waals surface area contributed by atoms with E-state index in [4.69, 9.17) is 5.26 Å². The third-order valence-electron chi connectivity index (χ3n) is 2.13. The van der Waals surface area contributed by atoms with Crippen molar-refractivity contribution < 1.29 is 35.8 Å². The van der Waals surface area contributed by atoms with Crippen LogP contribution < -0.4 is 0 Å². The topological polar surface area (TPSA) is 42.2 Å². The molecule has 0 aliphatic carbocycles. The first-order valence-corrected chi connectivity index (χ1v) is 4.46. The molecule has 1 saturated heterocycles. The Labute approximate surface area is 91.9 Å². The van der Waals surface area contributed by atoms with Gasteiger partial charge < -0.3 is 9.47 Å². The van der Waals surface area contributed by atoms with E-state index in [2.05, 4.69) is 9.47 Å². The van der Waals surface area contributed by atoms with Gasteiger partial charge in [0, 0.05) is 6.42 Å². The molecule has 17 heavy (non-hydrogen) atoms. The minimum Gasteiger partial charge on any atom is -0.333 e. The maximum atomic E-state index is 12.4. The molecule has 1 aliphatic heterocycles. The molecule has 1 heterocycles. The molecule has 0 spiro atoms. The maximum Gasteiger partial charge on any atom is 0.453 e. The normalized spacial score (nSPS) is 24.6. The van der Waals surface area contributed by atoms with Crippen molar-refractivity contribution in [3.63, 3.8) is 0 Å². The third-order valence-corrected chi connectivity index (χ3v) is 2.13. The first-order chi connectivity index (χ1) is 7.64. The Bertz CT molecular complexity index is 303. The monoisotopic (exact) mass is 263 g/mol. The van der Waals surface area contributed by atoms with Gasteiger partial charge in [0.25, 0.3) is 0 Å². The number of nitriles is 1. The van der Waals surface area contributed by atoms with Crippen LogP contribution in [0.3, 0.4) is 0 Å². The zero-order chi connectivity index (χ0) is 13.3. The second-order valence-electron chi connectivity index (χ2n) is 3.36. The molecular formula is C8H7F6NO2. The second kappa shape index (κ2) is 4.34. The predicted octanol–water partition coefficient (Wildman–Crippen LogP) is 2.53. The van der Waals surface area contributed by atoms with Gasteiger partial charge in [0.1, 0.15) is 0 Å². The zero-order valence-electron chi connectivity index (χ0n) is 8.23. The Morgan fingerprint density at radius 2 is 1.71 bits per heavy atom. The Balaban J connectivity index is 2.88. The molecule has 1 rings (SSSR count). The summed E-state index contributed by atoms with van der Waals surface area (Å²) < 4.78 is 82.0. The highest BCUT2D eigenvalue weighted by molar-refractivity contribution is 4.93. The van der Waals surface area contributed by atoms with Gasteiger partial charge in [-0.2, -0.15) is 31.6 Å². The largest absolute Gasteiger partial charge is 0.453 e. The van der Waals surface area contributed by atoms with E-state index < -0.39 is 30.9 Å². The van der Waals surface area contributed by atoms with Crippen LogP contribution in [0.1, 0.15) is 12.8 Å². The van der Waals surface area contributed by atoms with Crippen molar-refractivity contribution in [1.82, 2.24) is 0 Å². The second-order valence-corrected chi connectivity index (χ2v) is 3.36. The molecule has 1 unspecified atom stereocenters. The molecule has 0 N–H and O–H groups in total. The van der Waals surface area contributed by atoms with Crippen molar-refractivity contribution in [3.05, 3.63) is 0 Å². The summed E-state index contributed by atoms with van der Waals surface area (Å²) in [5, 5.41) is 8.19. The van der Waals surface area contributed by atoms with Crippen LogP contribution in [0.2, 0.25) is 0 Å². The highest BCUT2D eigenvalue weighted by atomic mass is 19.4. The quantitative estimate of drug-likeness (QED) is 0.719. The number of nitrogens with zero attached hydrogens (tertiary/aromatic N) is 1. The molecule has 3 nitrogen and oxygen atoms in total. The van der Waals surface area contributed by atoms with Crippen LogP contribution >= 0.6 is 0 Å². The van der Waals surface area contributed by atoms with Crippen molar-refractivity contribution in [3.8, 4) is 6.07 Å². The highest BCUT2D eigenvalue weighted by Crippen LogP contribution is 2.50. The van der Waals surface area contributed by atoms with E-state index in [0.717, 1.165) is 0 Å². The SMILES string of the molecule is N#CCCC1COC(C(F)(F)F)(C(F)(F)F)O1. The van der Waals surface area contributed by atoms with Gasteiger partial charge in [-0.1, -0.05) is 0 Å². The van der Waals surface area contributed by atoms with Crippen molar-refractivity contribution in [2.45, 2.75) is 37.1 Å². The smallest absolute Gasteiger partial charge is 0.333 e. The Kier molecular flexibility index (Phi) is 3.59. The lowest BCUT2D eigenvalue weighted by molar-refractivity contribution is -0.443. The average Bonchev–Trinajstić information content (AvgIpc) is 2.57. The molecule has 0 amide bonds. The molecule has 0 radical (unpaired) electrons. The van der Waals surface area contributed by atoms with E-state index in [9.17, 15) is 26.3 Å². The van der Waals surface area contributed by atoms with Crippen LogP contribution in [0.25, 0.3) is 0 Å². The number of hydrogen-bond acceptors (Lipinski definition) is 3. The lowest BCUT2D eigenvalue weighted by Gasteiger charge is -2.31. The van der Waals surface area contributed by atoms with Gasteiger partial charge in [0.15, 0.2) is 0 Å². The minimum atomic E-state index is -5.72. The number of hydrogen-bond donors (Lipinski definition) is 0. The lowest BCUT2D eigenvalue weighted by Crippen LogP contribution is -2.58. The van der Waals surface area contributed by atoms with Gasteiger partial charge in [-0.15, -0.1) is 0 Å². The van der Waals surface area contributed by atoms with Gasteiger partial charge in [0.05, 0.1) is 18.8 Å². The molecule has 0 aromatic rings. The summed E-state index contributed by atoms with van der Waals surface area (Å²) in [5.74, 6) is -4.57. The molecule has 0 bridgehead atoms. The molecular weight excluding hydrogens is 256 g/mol. The summed E-state index contributed by atoms with van der Waals surface area (Å²) in [4.78, 5) is 0. The molecule has 98 valence electrons. The highest BCUT2D eigenvalue weighted by Gasteiger charge is 2.77. The van der Waals surface area contributed by atoms with Gasteiger partial charge >= 0.3 is 18.1 Å². The van der Waals surface area contributed by atoms with Crippen LogP contribution in [0.4, 0.5) is 26.3 Å². The first-order valence-electron chi connectivity index (χ1n) is 4.46. The summed E-state index contributed by atoms with van der Waals surface area (Å²) in [6.45, 7) is -0.847. The van der Waals surface area contributed by atoms with Crippen LogP contribution in [-0.2, 0) is 9.47 Å². The van der Waals surface area contributed by atoms with Crippen LogP contribution in [0, 0.1) is 11.3 Å². The molecule has 9 heteroatoms. The Morgan fingerprint density at radius 3 is 2.06 bits per heavy atom. The van der Waals surface area contributed by atoms with E-state index in [1.165, 1.54) is 0 Å². The van der Waals surface area contributed by atoms with Gasteiger partial charge in [-0.05, 0) is 6.42 Å². The minimum absolute atomic E-state index is 0.209. The number of rotatable bonds is 2. The lowest BCUT2D eigenvalue weighted by atomic mass is 10.2. The summed E-state index contributed by atoms with van der Waals surface area (Å²) in [5.41, 5.74) is 0. The number of ether oxygens (including phenoxy) is 2. The van der Waals surface area contributed by atoms with Gasteiger partial charge in [0.2, 0.25) is 0 Å². The summed E-state index contributed by atoms with van der Waals surface area (Å²) >= 11 is 0. The third kappa shape index (κ3) is 2.47. The first kappa shape index (κ1) is 14.1. The van der Waals surface area contributed by atoms with Crippen LogP contribution in [-0.4, -0.2) is 30.9 Å². The zero-order valence-corrected chi connectivity index (χ0v) is 8.23.